The smallest absolute Gasteiger partial charge is 0.282 e. The molecule has 2 unspecified atom stereocenters. The van der Waals surface area contributed by atoms with Crippen LogP contribution in [0.2, 0.25) is 10.0 Å². The highest BCUT2D eigenvalue weighted by Gasteiger charge is 2.44. The van der Waals surface area contributed by atoms with Crippen molar-refractivity contribution in [1.82, 2.24) is 4.90 Å². The van der Waals surface area contributed by atoms with Crippen LogP contribution in [-0.4, -0.2) is 42.0 Å². The van der Waals surface area contributed by atoms with Gasteiger partial charge in [-0.1, -0.05) is 59.1 Å². The van der Waals surface area contributed by atoms with Crippen molar-refractivity contribution in [3.8, 4) is 0 Å². The lowest BCUT2D eigenvalue weighted by Gasteiger charge is -2.37. The van der Waals surface area contributed by atoms with Crippen LogP contribution in [0, 0.1) is 6.92 Å². The molecule has 0 aliphatic carbocycles. The number of ether oxygens (including phenoxy) is 1. The average Bonchev–Trinajstić information content (AvgIpc) is 2.94. The first kappa shape index (κ1) is 20.9. The van der Waals surface area contributed by atoms with Crippen molar-refractivity contribution in [2.24, 2.45) is 0 Å². The van der Waals surface area contributed by atoms with Gasteiger partial charge in [-0.3, -0.25) is 9.59 Å². The Morgan fingerprint density at radius 3 is 2.20 bits per heavy atom. The zero-order valence-electron chi connectivity index (χ0n) is 17.0. The largest absolute Gasteiger partial charge is 0.372 e. The maximum Gasteiger partial charge on any atom is 0.282 e. The Balaban J connectivity index is 1.86. The van der Waals surface area contributed by atoms with Gasteiger partial charge in [-0.15, -0.1) is 0 Å². The third-order valence-electron chi connectivity index (χ3n) is 5.31. The summed E-state index contributed by atoms with van der Waals surface area (Å²) in [5, 5.41) is 0.461. The van der Waals surface area contributed by atoms with E-state index < -0.39 is 11.8 Å². The molecule has 0 radical (unpaired) electrons. The number of rotatable bonds is 3. The molecular weight excluding hydrogens is 423 g/mol. The number of amides is 2. The van der Waals surface area contributed by atoms with Crippen LogP contribution < -0.4 is 4.90 Å². The third-order valence-corrected chi connectivity index (χ3v) is 6.12. The van der Waals surface area contributed by atoms with Crippen LogP contribution >= 0.6 is 23.2 Å². The summed E-state index contributed by atoms with van der Waals surface area (Å²) in [5.41, 5.74) is 2.80. The van der Waals surface area contributed by atoms with Crippen LogP contribution in [0.4, 0.5) is 5.69 Å². The quantitative estimate of drug-likeness (QED) is 0.643. The minimum absolute atomic E-state index is 0.0628. The molecule has 2 aromatic carbocycles. The molecule has 1 saturated heterocycles. The van der Waals surface area contributed by atoms with Gasteiger partial charge in [-0.05, 0) is 38.5 Å². The van der Waals surface area contributed by atoms with Crippen molar-refractivity contribution in [3.05, 3.63) is 69.3 Å². The number of carbonyl (C=O) groups is 2. The maximum absolute atomic E-state index is 13.6. The molecule has 0 bridgehead atoms. The fourth-order valence-electron chi connectivity index (χ4n) is 4.04. The zero-order valence-corrected chi connectivity index (χ0v) is 18.5. The molecule has 4 rings (SSSR count). The normalized spacial score (nSPS) is 22.3. The Bertz CT molecular complexity index is 1040. The van der Waals surface area contributed by atoms with Crippen LogP contribution in [0.1, 0.15) is 25.0 Å². The molecule has 5 nitrogen and oxygen atoms in total. The van der Waals surface area contributed by atoms with E-state index in [1.807, 2.05) is 49.9 Å². The highest BCUT2D eigenvalue weighted by atomic mass is 35.5. The van der Waals surface area contributed by atoms with Gasteiger partial charge in [0, 0.05) is 13.1 Å². The number of aryl methyl sites for hydroxylation is 1. The van der Waals surface area contributed by atoms with Crippen molar-refractivity contribution >= 4 is 46.3 Å². The second-order valence-corrected chi connectivity index (χ2v) is 8.56. The predicted molar refractivity (Wildman–Crippen MR) is 119 cm³/mol. The number of nitrogens with zero attached hydrogens (tertiary/aromatic N) is 2. The minimum Gasteiger partial charge on any atom is -0.372 e. The lowest BCUT2D eigenvalue weighted by atomic mass is 10.0. The summed E-state index contributed by atoms with van der Waals surface area (Å²) in [7, 11) is 0. The first-order valence-electron chi connectivity index (χ1n) is 9.82. The summed E-state index contributed by atoms with van der Waals surface area (Å²) in [6.07, 6.45) is -0.126. The number of morpholine rings is 1. The van der Waals surface area contributed by atoms with Crippen molar-refractivity contribution in [1.29, 1.82) is 0 Å². The van der Waals surface area contributed by atoms with E-state index in [0.29, 0.717) is 29.9 Å². The van der Waals surface area contributed by atoms with Crippen molar-refractivity contribution in [3.63, 3.8) is 0 Å². The summed E-state index contributed by atoms with van der Waals surface area (Å²) in [6.45, 7) is 6.93. The Hall–Kier alpha value is -2.34. The summed E-state index contributed by atoms with van der Waals surface area (Å²) in [5.74, 6) is -0.809. The van der Waals surface area contributed by atoms with E-state index in [9.17, 15) is 9.59 Å². The molecule has 0 spiro atoms. The molecule has 0 saturated carbocycles. The second-order valence-electron chi connectivity index (χ2n) is 7.77. The van der Waals surface area contributed by atoms with Crippen LogP contribution in [0.15, 0.2) is 48.2 Å². The molecule has 2 atom stereocenters. The lowest BCUT2D eigenvalue weighted by molar-refractivity contribution is -0.121. The van der Waals surface area contributed by atoms with E-state index >= 15 is 0 Å². The monoisotopic (exact) mass is 444 g/mol. The van der Waals surface area contributed by atoms with Gasteiger partial charge >= 0.3 is 0 Å². The molecule has 2 aromatic rings. The minimum atomic E-state index is -0.408. The number of imide groups is 1. The van der Waals surface area contributed by atoms with Gasteiger partial charge in [0.05, 0.1) is 33.5 Å². The molecule has 156 valence electrons. The number of carbonyl (C=O) groups excluding carboxylic acids is 2. The molecule has 2 heterocycles. The molecule has 2 aliphatic rings. The van der Waals surface area contributed by atoms with Crippen LogP contribution in [0.5, 0.6) is 0 Å². The Morgan fingerprint density at radius 2 is 1.57 bits per heavy atom. The van der Waals surface area contributed by atoms with Gasteiger partial charge in [0.25, 0.3) is 11.8 Å². The van der Waals surface area contributed by atoms with Crippen molar-refractivity contribution in [2.45, 2.75) is 33.0 Å². The molecule has 7 heteroatoms. The van der Waals surface area contributed by atoms with E-state index in [1.165, 1.54) is 0 Å². The van der Waals surface area contributed by atoms with Gasteiger partial charge in [0.2, 0.25) is 0 Å². The lowest BCUT2D eigenvalue weighted by Crippen LogP contribution is -2.47. The number of benzene rings is 2. The Kier molecular flexibility index (Phi) is 5.62. The van der Waals surface area contributed by atoms with Gasteiger partial charge in [-0.2, -0.15) is 0 Å². The second kappa shape index (κ2) is 8.06. The Morgan fingerprint density at radius 1 is 0.933 bits per heavy atom. The van der Waals surface area contributed by atoms with E-state index in [-0.39, 0.29) is 27.9 Å². The molecule has 0 aromatic heterocycles. The van der Waals surface area contributed by atoms with Crippen molar-refractivity contribution < 1.29 is 14.3 Å². The molecule has 2 amide bonds. The van der Waals surface area contributed by atoms with Gasteiger partial charge in [0.15, 0.2) is 0 Å². The SMILES string of the molecule is Cc1ccc(C2=C(N3CC(C)OC(C)C3)C(=O)N(c3cccc(Cl)c3Cl)C2=O)cc1. The first-order valence-corrected chi connectivity index (χ1v) is 10.6. The summed E-state index contributed by atoms with van der Waals surface area (Å²) < 4.78 is 5.83. The van der Waals surface area contributed by atoms with E-state index in [0.717, 1.165) is 10.5 Å². The topological polar surface area (TPSA) is 49.9 Å². The highest BCUT2D eigenvalue weighted by molar-refractivity contribution is 6.49. The first-order chi connectivity index (χ1) is 14.3. The standard InChI is InChI=1S/C23H22Cl2N2O3/c1-13-7-9-16(10-8-13)19-21(26-11-14(2)30-15(3)12-26)23(29)27(22(19)28)18-6-4-5-17(24)20(18)25/h4-10,14-15H,11-12H2,1-3H3. The Labute approximate surface area is 185 Å². The van der Waals surface area contributed by atoms with Crippen molar-refractivity contribution in [2.75, 3.05) is 18.0 Å². The van der Waals surface area contributed by atoms with Gasteiger partial charge in [-0.25, -0.2) is 4.90 Å². The maximum atomic E-state index is 13.6. The number of halogens is 2. The molecular formula is C23H22Cl2N2O3. The number of hydrogen-bond acceptors (Lipinski definition) is 4. The molecule has 1 fully saturated rings. The average molecular weight is 445 g/mol. The fourth-order valence-corrected chi connectivity index (χ4v) is 4.42. The third kappa shape index (κ3) is 3.62. The number of hydrogen-bond donors (Lipinski definition) is 0. The van der Waals surface area contributed by atoms with Gasteiger partial charge in [0.1, 0.15) is 5.70 Å². The van der Waals surface area contributed by atoms with Crippen LogP contribution in [0.25, 0.3) is 5.57 Å². The summed E-state index contributed by atoms with van der Waals surface area (Å²) in [4.78, 5) is 30.3. The zero-order chi connectivity index (χ0) is 21.6. The highest BCUT2D eigenvalue weighted by Crippen LogP contribution is 2.40. The van der Waals surface area contributed by atoms with Gasteiger partial charge < -0.3 is 9.64 Å². The molecule has 2 aliphatic heterocycles. The van der Waals surface area contributed by atoms with E-state index in [4.69, 9.17) is 27.9 Å². The van der Waals surface area contributed by atoms with E-state index in [2.05, 4.69) is 0 Å². The summed E-state index contributed by atoms with van der Waals surface area (Å²) in [6, 6.07) is 12.5. The molecule has 0 N–H and O–H groups in total. The van der Waals surface area contributed by atoms with E-state index in [1.54, 1.807) is 18.2 Å². The fraction of sp³-hybridized carbons (Fsp3) is 0.304. The van der Waals surface area contributed by atoms with Crippen LogP contribution in [0.3, 0.4) is 0 Å². The van der Waals surface area contributed by atoms with Crippen LogP contribution in [-0.2, 0) is 14.3 Å². The number of anilines is 1. The molecule has 30 heavy (non-hydrogen) atoms. The summed E-state index contributed by atoms with van der Waals surface area (Å²) >= 11 is 12.5. The predicted octanol–water partition coefficient (Wildman–Crippen LogP) is 4.70.